The number of carbonyl (C=O) groups excluding carboxylic acids is 1. The van der Waals surface area contributed by atoms with Crippen LogP contribution in [-0.2, 0) is 11.3 Å². The molecule has 4 rings (SSSR count). The third-order valence-electron chi connectivity index (χ3n) is 4.78. The van der Waals surface area contributed by atoms with E-state index in [-0.39, 0.29) is 23.0 Å². The smallest absolute Gasteiger partial charge is 0.259 e. The van der Waals surface area contributed by atoms with Gasteiger partial charge in [0.2, 0.25) is 0 Å². The topological polar surface area (TPSA) is 62.4 Å². The number of hydrogen-bond donors (Lipinski definition) is 1. The van der Waals surface area contributed by atoms with Crippen molar-refractivity contribution in [3.63, 3.8) is 0 Å². The van der Waals surface area contributed by atoms with E-state index < -0.39 is 0 Å². The molecule has 0 unspecified atom stereocenters. The number of nitrogens with zero attached hydrogens (tertiary/aromatic N) is 1. The van der Waals surface area contributed by atoms with Crippen molar-refractivity contribution < 1.29 is 9.53 Å². The van der Waals surface area contributed by atoms with Crippen LogP contribution >= 0.6 is 0 Å². The normalized spacial score (nSPS) is 14.4. The summed E-state index contributed by atoms with van der Waals surface area (Å²) in [7, 11) is 0. The van der Waals surface area contributed by atoms with E-state index in [0.717, 1.165) is 11.3 Å². The molecule has 1 amide bonds. The van der Waals surface area contributed by atoms with Gasteiger partial charge in [-0.25, -0.2) is 0 Å². The Morgan fingerprint density at radius 3 is 2.77 bits per heavy atom. The van der Waals surface area contributed by atoms with Gasteiger partial charge in [0, 0.05) is 31.0 Å². The minimum absolute atomic E-state index is 0.00227. The minimum atomic E-state index is -0.244. The summed E-state index contributed by atoms with van der Waals surface area (Å²) in [5, 5.41) is 2.38. The monoisotopic (exact) mass is 348 g/mol. The van der Waals surface area contributed by atoms with E-state index in [1.807, 2.05) is 18.2 Å². The summed E-state index contributed by atoms with van der Waals surface area (Å²) in [6.07, 6.45) is 1.49. The van der Waals surface area contributed by atoms with Crippen LogP contribution < -0.4 is 5.43 Å². The minimum Gasteiger partial charge on any atom is -0.370 e. The van der Waals surface area contributed by atoms with Crippen LogP contribution in [0.3, 0.4) is 0 Å². The van der Waals surface area contributed by atoms with Crippen molar-refractivity contribution >= 4 is 16.7 Å². The van der Waals surface area contributed by atoms with Crippen molar-refractivity contribution in [1.82, 2.24) is 9.88 Å². The van der Waals surface area contributed by atoms with Gasteiger partial charge >= 0.3 is 0 Å². The molecular weight excluding hydrogens is 328 g/mol. The Morgan fingerprint density at radius 1 is 1.19 bits per heavy atom. The largest absolute Gasteiger partial charge is 0.370 e. The lowest BCUT2D eigenvalue weighted by molar-refractivity contribution is -0.0500. The molecule has 0 atom stereocenters. The number of ether oxygens (including phenoxy) is 1. The number of H-pyrrole nitrogens is 1. The Hall–Kier alpha value is -2.92. The molecule has 26 heavy (non-hydrogen) atoms. The highest BCUT2D eigenvalue weighted by Crippen LogP contribution is 2.21. The van der Waals surface area contributed by atoms with Crippen LogP contribution in [0.4, 0.5) is 0 Å². The van der Waals surface area contributed by atoms with Gasteiger partial charge in [-0.3, -0.25) is 9.59 Å². The lowest BCUT2D eigenvalue weighted by atomic mass is 10.0. The quantitative estimate of drug-likeness (QED) is 0.789. The number of aromatic amines is 1. The Bertz CT molecular complexity index is 1010. The van der Waals surface area contributed by atoms with Crippen molar-refractivity contribution in [3.8, 4) is 0 Å². The summed E-state index contributed by atoms with van der Waals surface area (Å²) in [5.41, 5.74) is 1.82. The predicted octanol–water partition coefficient (Wildman–Crippen LogP) is 2.88. The zero-order valence-corrected chi connectivity index (χ0v) is 14.6. The number of pyridine rings is 1. The summed E-state index contributed by atoms with van der Waals surface area (Å²) in [6, 6.07) is 15.8. The molecule has 132 valence electrons. The van der Waals surface area contributed by atoms with Crippen molar-refractivity contribution in [3.05, 3.63) is 81.8 Å². The molecule has 3 aromatic rings. The Balaban J connectivity index is 1.36. The van der Waals surface area contributed by atoms with E-state index in [9.17, 15) is 9.59 Å². The van der Waals surface area contributed by atoms with Crippen molar-refractivity contribution in [2.24, 2.45) is 0 Å². The number of hydrogen-bond acceptors (Lipinski definition) is 3. The summed E-state index contributed by atoms with van der Waals surface area (Å²) >= 11 is 0. The second-order valence-corrected chi connectivity index (χ2v) is 6.68. The maximum atomic E-state index is 12.4. The van der Waals surface area contributed by atoms with Crippen LogP contribution in [-0.4, -0.2) is 35.0 Å². The highest BCUT2D eigenvalue weighted by molar-refractivity contribution is 5.94. The standard InChI is InChI=1S/C21H20N2O3/c1-14-9-20(24)19(10-22-14)21(25)23-11-17(12-23)26-13-16-7-4-6-15-5-2-3-8-18(15)16/h2-10,17H,11-13H2,1H3,(H,22,24). The number of aromatic nitrogens is 1. The molecule has 5 heteroatoms. The molecular formula is C21H20N2O3. The van der Waals surface area contributed by atoms with Gasteiger partial charge in [-0.05, 0) is 23.3 Å². The van der Waals surface area contributed by atoms with Gasteiger partial charge in [0.15, 0.2) is 5.43 Å². The van der Waals surface area contributed by atoms with Crippen LogP contribution in [0.1, 0.15) is 21.6 Å². The second kappa shape index (κ2) is 6.77. The van der Waals surface area contributed by atoms with E-state index in [1.54, 1.807) is 11.8 Å². The number of amides is 1. The van der Waals surface area contributed by atoms with E-state index in [4.69, 9.17) is 4.74 Å². The summed E-state index contributed by atoms with van der Waals surface area (Å²) in [5.74, 6) is -0.240. The first-order chi connectivity index (χ1) is 12.6. The molecule has 1 N–H and O–H groups in total. The van der Waals surface area contributed by atoms with Gasteiger partial charge in [-0.1, -0.05) is 42.5 Å². The molecule has 0 spiro atoms. The fourth-order valence-corrected chi connectivity index (χ4v) is 3.25. The number of rotatable bonds is 4. The van der Waals surface area contributed by atoms with Gasteiger partial charge in [-0.15, -0.1) is 0 Å². The first-order valence-electron chi connectivity index (χ1n) is 8.68. The fourth-order valence-electron chi connectivity index (χ4n) is 3.25. The number of carbonyl (C=O) groups is 1. The van der Waals surface area contributed by atoms with Crippen LogP contribution in [0.2, 0.25) is 0 Å². The first kappa shape index (κ1) is 16.5. The number of benzene rings is 2. The summed E-state index contributed by atoms with van der Waals surface area (Å²) in [4.78, 5) is 28.9. The fraction of sp³-hybridized carbons (Fsp3) is 0.238. The molecule has 0 bridgehead atoms. The average Bonchev–Trinajstić information content (AvgIpc) is 2.60. The van der Waals surface area contributed by atoms with Gasteiger partial charge < -0.3 is 14.6 Å². The van der Waals surface area contributed by atoms with E-state index in [0.29, 0.717) is 19.7 Å². The number of likely N-dealkylation sites (tertiary alicyclic amines) is 1. The SMILES string of the molecule is Cc1cc(=O)c(C(=O)N2CC(OCc3cccc4ccccc34)C2)c[nH]1. The van der Waals surface area contributed by atoms with Crippen LogP contribution in [0.25, 0.3) is 10.8 Å². The van der Waals surface area contributed by atoms with Crippen molar-refractivity contribution in [2.75, 3.05) is 13.1 Å². The molecule has 0 saturated carbocycles. The molecule has 2 heterocycles. The van der Waals surface area contributed by atoms with Crippen LogP contribution in [0, 0.1) is 6.92 Å². The van der Waals surface area contributed by atoms with Gasteiger partial charge in [0.1, 0.15) is 5.56 Å². The van der Waals surface area contributed by atoms with Gasteiger partial charge in [0.05, 0.1) is 12.7 Å². The second-order valence-electron chi connectivity index (χ2n) is 6.68. The van der Waals surface area contributed by atoms with Crippen molar-refractivity contribution in [1.29, 1.82) is 0 Å². The maximum Gasteiger partial charge on any atom is 0.259 e. The third kappa shape index (κ3) is 3.13. The predicted molar refractivity (Wildman–Crippen MR) is 100 cm³/mol. The first-order valence-corrected chi connectivity index (χ1v) is 8.68. The molecule has 1 aliphatic rings. The highest BCUT2D eigenvalue weighted by Gasteiger charge is 2.32. The lowest BCUT2D eigenvalue weighted by Gasteiger charge is -2.38. The molecule has 1 aromatic heterocycles. The van der Waals surface area contributed by atoms with E-state index >= 15 is 0 Å². The maximum absolute atomic E-state index is 12.4. The van der Waals surface area contributed by atoms with Gasteiger partial charge in [-0.2, -0.15) is 0 Å². The Kier molecular flexibility index (Phi) is 4.31. The van der Waals surface area contributed by atoms with Gasteiger partial charge in [0.25, 0.3) is 5.91 Å². The Labute approximate surface area is 151 Å². The van der Waals surface area contributed by atoms with E-state index in [1.165, 1.54) is 23.0 Å². The molecule has 1 aliphatic heterocycles. The van der Waals surface area contributed by atoms with Crippen LogP contribution in [0.5, 0.6) is 0 Å². The van der Waals surface area contributed by atoms with Crippen LogP contribution in [0.15, 0.2) is 59.5 Å². The number of aryl methyl sites for hydroxylation is 1. The summed E-state index contributed by atoms with van der Waals surface area (Å²) < 4.78 is 5.96. The zero-order chi connectivity index (χ0) is 18.1. The molecule has 0 radical (unpaired) electrons. The summed E-state index contributed by atoms with van der Waals surface area (Å²) in [6.45, 7) is 3.32. The number of fused-ring (bicyclic) bond motifs is 1. The molecule has 0 aliphatic carbocycles. The van der Waals surface area contributed by atoms with E-state index in [2.05, 4.69) is 29.2 Å². The molecule has 1 fully saturated rings. The third-order valence-corrected chi connectivity index (χ3v) is 4.78. The van der Waals surface area contributed by atoms with Crippen molar-refractivity contribution in [2.45, 2.75) is 19.6 Å². The Morgan fingerprint density at radius 2 is 1.96 bits per heavy atom. The molecule has 5 nitrogen and oxygen atoms in total. The average molecular weight is 348 g/mol. The molecule has 1 saturated heterocycles. The number of nitrogens with one attached hydrogen (secondary N) is 1. The zero-order valence-electron chi connectivity index (χ0n) is 14.6. The molecule has 2 aromatic carbocycles. The highest BCUT2D eigenvalue weighted by atomic mass is 16.5. The lowest BCUT2D eigenvalue weighted by Crippen LogP contribution is -2.55.